The highest BCUT2D eigenvalue weighted by Gasteiger charge is 2.53. The van der Waals surface area contributed by atoms with Crippen LogP contribution in [-0.4, -0.2) is 72.4 Å². The number of ether oxygens (including phenoxy) is 2. The summed E-state index contributed by atoms with van der Waals surface area (Å²) in [6.45, 7) is 8.45. The minimum absolute atomic E-state index is 0.123. The number of carbonyl (C=O) groups is 2. The van der Waals surface area contributed by atoms with Gasteiger partial charge in [0.25, 0.3) is 0 Å². The minimum Gasteiger partial charge on any atom is -0.457 e. The largest absolute Gasteiger partial charge is 0.457 e. The number of nitrogens with zero attached hydrogens (tertiary/aromatic N) is 4. The van der Waals surface area contributed by atoms with Gasteiger partial charge in [0.1, 0.15) is 18.5 Å². The summed E-state index contributed by atoms with van der Waals surface area (Å²) in [4.78, 5) is 34.8. The van der Waals surface area contributed by atoms with Gasteiger partial charge in [-0.15, -0.1) is 0 Å². The molecule has 3 fully saturated rings. The van der Waals surface area contributed by atoms with Crippen molar-refractivity contribution in [2.24, 2.45) is 17.8 Å². The molecule has 51 heavy (non-hydrogen) atoms. The zero-order valence-corrected chi connectivity index (χ0v) is 30.0. The van der Waals surface area contributed by atoms with Gasteiger partial charge in [-0.05, 0) is 93.4 Å². The van der Waals surface area contributed by atoms with Crippen molar-refractivity contribution in [3.05, 3.63) is 120 Å². The summed E-state index contributed by atoms with van der Waals surface area (Å²) in [7, 11) is 1.64. The molecule has 4 aromatic rings. The number of benzene rings is 3. The van der Waals surface area contributed by atoms with Gasteiger partial charge in [0.05, 0.1) is 5.56 Å². The molecule has 9 heteroatoms. The molecule has 3 atom stereocenters. The number of hydrogen-bond acceptors (Lipinski definition) is 7. The topological polar surface area (TPSA) is 88.9 Å². The van der Waals surface area contributed by atoms with Crippen LogP contribution < -0.4 is 10.2 Å². The van der Waals surface area contributed by atoms with Crippen molar-refractivity contribution in [1.82, 2.24) is 19.8 Å². The highest BCUT2D eigenvalue weighted by Crippen LogP contribution is 2.52. The summed E-state index contributed by atoms with van der Waals surface area (Å²) < 4.78 is 13.9. The molecule has 3 aliphatic rings. The second-order valence-corrected chi connectivity index (χ2v) is 14.7. The molecule has 1 amide bonds. The number of aromatic nitrogens is 2. The predicted octanol–water partition coefficient (Wildman–Crippen LogP) is 6.86. The third-order valence-corrected chi connectivity index (χ3v) is 11.7. The molecule has 0 bridgehead atoms. The lowest BCUT2D eigenvalue weighted by atomic mass is 9.58. The van der Waals surface area contributed by atoms with Crippen LogP contribution in [0.5, 0.6) is 0 Å². The first-order valence-corrected chi connectivity index (χ1v) is 18.6. The Morgan fingerprint density at radius 1 is 0.902 bits per heavy atom. The van der Waals surface area contributed by atoms with E-state index in [2.05, 4.69) is 68.1 Å². The van der Waals surface area contributed by atoms with Gasteiger partial charge < -0.3 is 29.2 Å². The quantitative estimate of drug-likeness (QED) is 0.163. The van der Waals surface area contributed by atoms with Crippen molar-refractivity contribution >= 4 is 17.7 Å². The smallest absolute Gasteiger partial charge is 0.407 e. The number of rotatable bonds is 12. The van der Waals surface area contributed by atoms with Gasteiger partial charge in [-0.2, -0.15) is 0 Å². The van der Waals surface area contributed by atoms with Crippen LogP contribution in [0, 0.1) is 24.7 Å². The molecule has 1 N–H and O–H groups in total. The van der Waals surface area contributed by atoms with Gasteiger partial charge in [-0.1, -0.05) is 60.7 Å². The number of imidazole rings is 1. The molecule has 7 rings (SSSR count). The van der Waals surface area contributed by atoms with Crippen LogP contribution in [0.3, 0.4) is 0 Å². The Balaban J connectivity index is 0.988. The summed E-state index contributed by atoms with van der Waals surface area (Å²) in [6, 6.07) is 28.6. The number of esters is 1. The average molecular weight is 690 g/mol. The summed E-state index contributed by atoms with van der Waals surface area (Å²) in [5, 5.41) is 2.70. The molecule has 3 heterocycles. The third-order valence-electron chi connectivity index (χ3n) is 11.7. The molecule has 0 spiro atoms. The first-order valence-electron chi connectivity index (χ1n) is 18.6. The summed E-state index contributed by atoms with van der Waals surface area (Å²) >= 11 is 0. The van der Waals surface area contributed by atoms with E-state index in [1.165, 1.54) is 5.56 Å². The number of hydrogen-bond donors (Lipinski definition) is 1. The van der Waals surface area contributed by atoms with Crippen LogP contribution in [0.1, 0.15) is 59.4 Å². The first-order chi connectivity index (χ1) is 24.9. The molecule has 9 nitrogen and oxygen atoms in total. The van der Waals surface area contributed by atoms with Gasteiger partial charge >= 0.3 is 12.1 Å². The summed E-state index contributed by atoms with van der Waals surface area (Å²) in [5.41, 5.74) is 3.86. The van der Waals surface area contributed by atoms with Crippen LogP contribution in [0.4, 0.5) is 10.5 Å². The molecule has 2 aliphatic heterocycles. The number of carbonyl (C=O) groups excluding carboxylic acids is 2. The average Bonchev–Trinajstić information content (AvgIpc) is 3.80. The lowest BCUT2D eigenvalue weighted by molar-refractivity contribution is 0.00180. The van der Waals surface area contributed by atoms with E-state index < -0.39 is 0 Å². The number of aryl methyl sites for hydroxylation is 1. The van der Waals surface area contributed by atoms with E-state index in [9.17, 15) is 9.59 Å². The maximum absolute atomic E-state index is 12.6. The zero-order chi connectivity index (χ0) is 35.2. The molecule has 0 unspecified atom stereocenters. The maximum Gasteiger partial charge on any atom is 0.407 e. The normalized spacial score (nSPS) is 21.1. The molecule has 1 aromatic heterocycles. The van der Waals surface area contributed by atoms with E-state index >= 15 is 0 Å². The fourth-order valence-corrected chi connectivity index (χ4v) is 9.05. The Bertz CT molecular complexity index is 1730. The van der Waals surface area contributed by atoms with Crippen molar-refractivity contribution in [3.8, 4) is 0 Å². The first kappa shape index (κ1) is 34.8. The van der Waals surface area contributed by atoms with Gasteiger partial charge in [0.15, 0.2) is 0 Å². The van der Waals surface area contributed by atoms with Crippen molar-refractivity contribution in [2.75, 3.05) is 44.7 Å². The fourth-order valence-electron chi connectivity index (χ4n) is 9.05. The van der Waals surface area contributed by atoms with Crippen LogP contribution in [-0.2, 0) is 28.0 Å². The van der Waals surface area contributed by atoms with E-state index in [1.54, 1.807) is 7.05 Å². The Hall–Kier alpha value is -4.63. The molecule has 0 radical (unpaired) electrons. The van der Waals surface area contributed by atoms with Crippen molar-refractivity contribution in [3.63, 3.8) is 0 Å². The Morgan fingerprint density at radius 2 is 1.61 bits per heavy atom. The lowest BCUT2D eigenvalue weighted by Gasteiger charge is -2.51. The van der Waals surface area contributed by atoms with E-state index in [4.69, 9.17) is 9.47 Å². The highest BCUT2D eigenvalue weighted by molar-refractivity contribution is 5.89. The molecular weight excluding hydrogens is 638 g/mol. The van der Waals surface area contributed by atoms with Gasteiger partial charge in [-0.3, -0.25) is 0 Å². The SMILES string of the molecule is CNC(=O)O[C@H]1CCC[C@@H]1[C@](Cn1ccnc1C)(c1ccccc1)C1CCN(CC2CN(c3ccc(C(=O)OCc4ccccc4)cc3)C2)CC1. The number of likely N-dealkylation sites (tertiary alicyclic amines) is 1. The number of amides is 1. The molecule has 1 aliphatic carbocycles. The van der Waals surface area contributed by atoms with Gasteiger partial charge in [-0.25, -0.2) is 14.6 Å². The standard InChI is InChI=1S/C42H51N5O4/c1-31-44-22-25-46(31)30-42(35-12-7-4-8-13-35,38-14-9-15-39(38)51-41(49)43-2)36-20-23-45(24-21-36)26-33-27-47(28-33)37-18-16-34(17-19-37)40(48)50-29-32-10-5-3-6-11-32/h3-8,10-13,16-19,22,25,33,36,38-39H,9,14-15,20-21,23-24,26-30H2,1-2H3,(H,43,49)/t38-,39-,42+/m0/s1. The van der Waals surface area contributed by atoms with Crippen molar-refractivity contribution < 1.29 is 19.1 Å². The van der Waals surface area contributed by atoms with E-state index in [-0.39, 0.29) is 36.1 Å². The Morgan fingerprint density at radius 3 is 2.27 bits per heavy atom. The third kappa shape index (κ3) is 7.69. The summed E-state index contributed by atoms with van der Waals surface area (Å²) in [5.74, 6) is 1.99. The van der Waals surface area contributed by atoms with Crippen molar-refractivity contribution in [2.45, 2.75) is 63.7 Å². The molecule has 2 saturated heterocycles. The highest BCUT2D eigenvalue weighted by atomic mass is 16.6. The lowest BCUT2D eigenvalue weighted by Crippen LogP contribution is -2.55. The Labute approximate surface area is 302 Å². The molecular formula is C42H51N5O4. The second kappa shape index (κ2) is 15.7. The Kier molecular flexibility index (Phi) is 10.7. The fraction of sp³-hybridized carbons (Fsp3) is 0.452. The van der Waals surface area contributed by atoms with E-state index in [0.717, 1.165) is 88.4 Å². The zero-order valence-electron chi connectivity index (χ0n) is 30.0. The number of piperidine rings is 1. The molecule has 268 valence electrons. The number of alkyl carbamates (subject to hydrolysis) is 1. The van der Waals surface area contributed by atoms with Gasteiger partial charge in [0, 0.05) is 68.6 Å². The predicted molar refractivity (Wildman–Crippen MR) is 199 cm³/mol. The van der Waals surface area contributed by atoms with Crippen molar-refractivity contribution in [1.29, 1.82) is 0 Å². The maximum atomic E-state index is 12.6. The van der Waals surface area contributed by atoms with Crippen LogP contribution in [0.2, 0.25) is 0 Å². The molecule has 3 aromatic carbocycles. The molecule has 1 saturated carbocycles. The number of anilines is 1. The summed E-state index contributed by atoms with van der Waals surface area (Å²) in [6.07, 6.45) is 8.75. The van der Waals surface area contributed by atoms with Crippen LogP contribution in [0.25, 0.3) is 0 Å². The van der Waals surface area contributed by atoms with E-state index in [1.807, 2.05) is 60.8 Å². The van der Waals surface area contributed by atoms with Gasteiger partial charge in [0.2, 0.25) is 0 Å². The van der Waals surface area contributed by atoms with E-state index in [0.29, 0.717) is 17.4 Å². The number of nitrogens with one attached hydrogen (secondary N) is 1. The second-order valence-electron chi connectivity index (χ2n) is 14.7. The monoisotopic (exact) mass is 689 g/mol. The van der Waals surface area contributed by atoms with Crippen LogP contribution in [0.15, 0.2) is 97.3 Å². The van der Waals surface area contributed by atoms with Crippen LogP contribution >= 0.6 is 0 Å². The minimum atomic E-state index is -0.339.